The van der Waals surface area contributed by atoms with E-state index < -0.39 is 17.6 Å². The van der Waals surface area contributed by atoms with Gasteiger partial charge in [0.15, 0.2) is 0 Å². The van der Waals surface area contributed by atoms with Crippen LogP contribution in [-0.4, -0.2) is 4.98 Å². The predicted molar refractivity (Wildman–Crippen MR) is 66.2 cm³/mol. The molecule has 1 nitrogen and oxygen atoms in total. The average molecular weight is 326 g/mol. The van der Waals surface area contributed by atoms with Crippen LogP contribution in [-0.2, 0) is 0 Å². The molecule has 0 unspecified atom stereocenters. The molecule has 13 heavy (non-hydrogen) atoms. The Balaban J connectivity index is 2.62. The number of benzene rings is 1. The molecule has 4 heteroatoms. The van der Waals surface area contributed by atoms with Gasteiger partial charge in [0.05, 0.1) is 0 Å². The van der Waals surface area contributed by atoms with Crippen molar-refractivity contribution in [2.24, 2.45) is 0 Å². The van der Waals surface area contributed by atoms with Crippen molar-refractivity contribution in [2.45, 2.75) is 0 Å². The summed E-state index contributed by atoms with van der Waals surface area (Å²) in [5.74, 6) is 0. The summed E-state index contributed by atoms with van der Waals surface area (Å²) in [5.41, 5.74) is 0.984. The molecule has 1 heterocycles. The third-order valence-corrected chi connectivity index (χ3v) is 5.47. The number of fused-ring (bicyclic) bond motifs is 1. The van der Waals surface area contributed by atoms with Gasteiger partial charge in [-0.15, -0.1) is 0 Å². The second-order valence-electron chi connectivity index (χ2n) is 2.54. The number of pyridine rings is 1. The summed E-state index contributed by atoms with van der Waals surface area (Å²) in [6, 6.07) is 9.95. The van der Waals surface area contributed by atoms with Gasteiger partial charge < -0.3 is 0 Å². The first-order chi connectivity index (χ1) is 6.27. The fourth-order valence-corrected chi connectivity index (χ4v) is 3.09. The maximum atomic E-state index is 5.89. The van der Waals surface area contributed by atoms with Crippen molar-refractivity contribution in [3.8, 4) is 0 Å². The molecule has 68 valence electrons. The third kappa shape index (κ3) is 2.06. The van der Waals surface area contributed by atoms with Crippen LogP contribution in [0.5, 0.6) is 0 Å². The molecular formula is C9H6Cl2IN. The number of para-hydroxylation sites is 1. The van der Waals surface area contributed by atoms with E-state index in [1.54, 1.807) is 6.20 Å². The van der Waals surface area contributed by atoms with Gasteiger partial charge in [-0.3, -0.25) is 0 Å². The Hall–Kier alpha value is -0.0600. The Morgan fingerprint density at radius 1 is 1.15 bits per heavy atom. The monoisotopic (exact) mass is 325 g/mol. The third-order valence-electron chi connectivity index (χ3n) is 1.72. The summed E-state index contributed by atoms with van der Waals surface area (Å²) in [6.07, 6.45) is 1.77. The Labute approximate surface area is 90.9 Å². The molecule has 0 N–H and O–H groups in total. The standard InChI is InChI=1S/C9H6Cl2IN/c10-12(11)8-5-7-3-1-2-4-9(7)13-6-8/h1-6H. The van der Waals surface area contributed by atoms with Crippen molar-refractivity contribution >= 4 is 46.3 Å². The zero-order chi connectivity index (χ0) is 9.26. The van der Waals surface area contributed by atoms with Crippen LogP contribution >= 0.6 is 35.4 Å². The number of halogens is 3. The molecule has 0 atom stereocenters. The van der Waals surface area contributed by atoms with E-state index in [-0.39, 0.29) is 0 Å². The molecule has 0 radical (unpaired) electrons. The summed E-state index contributed by atoms with van der Waals surface area (Å²) in [7, 11) is 11.8. The van der Waals surface area contributed by atoms with Crippen LogP contribution in [0, 0.1) is 3.57 Å². The molecular weight excluding hydrogens is 320 g/mol. The number of nitrogens with zero attached hydrogens (tertiary/aromatic N) is 1. The summed E-state index contributed by atoms with van der Waals surface area (Å²) in [6.45, 7) is 0. The molecule has 0 fully saturated rings. The molecule has 0 aliphatic heterocycles. The molecule has 0 amide bonds. The molecule has 2 rings (SSSR count). The average Bonchev–Trinajstić information content (AvgIpc) is 2.17. The van der Waals surface area contributed by atoms with E-state index in [9.17, 15) is 0 Å². The second kappa shape index (κ2) is 3.98. The molecule has 0 bridgehead atoms. The van der Waals surface area contributed by atoms with E-state index in [0.29, 0.717) is 0 Å². The Morgan fingerprint density at radius 2 is 1.92 bits per heavy atom. The molecule has 0 spiro atoms. The van der Waals surface area contributed by atoms with E-state index >= 15 is 0 Å². The van der Waals surface area contributed by atoms with Crippen molar-refractivity contribution in [3.63, 3.8) is 0 Å². The molecule has 2 aromatic rings. The van der Waals surface area contributed by atoms with Gasteiger partial charge in [0.25, 0.3) is 0 Å². The quantitative estimate of drug-likeness (QED) is 0.715. The molecule has 1 aromatic carbocycles. The number of aromatic nitrogens is 1. The predicted octanol–water partition coefficient (Wildman–Crippen LogP) is 4.22. The minimum absolute atomic E-state index is 0.984. The molecule has 0 aliphatic rings. The Bertz CT molecular complexity index is 431. The summed E-state index contributed by atoms with van der Waals surface area (Å²) in [5, 5.41) is 1.10. The van der Waals surface area contributed by atoms with Gasteiger partial charge in [-0.05, 0) is 0 Å². The van der Waals surface area contributed by atoms with Crippen molar-refractivity contribution in [2.75, 3.05) is 0 Å². The Morgan fingerprint density at radius 3 is 2.69 bits per heavy atom. The number of rotatable bonds is 1. The zero-order valence-electron chi connectivity index (χ0n) is 6.55. The van der Waals surface area contributed by atoms with Crippen molar-refractivity contribution in [1.82, 2.24) is 4.98 Å². The van der Waals surface area contributed by atoms with E-state index in [2.05, 4.69) is 4.98 Å². The van der Waals surface area contributed by atoms with E-state index in [0.717, 1.165) is 14.5 Å². The first-order valence-corrected chi connectivity index (χ1v) is 10.2. The van der Waals surface area contributed by atoms with Crippen LogP contribution in [0.25, 0.3) is 10.9 Å². The topological polar surface area (TPSA) is 12.9 Å². The minimum atomic E-state index is -1.91. The normalized spacial score (nSPS) is 11.7. The fraction of sp³-hybridized carbons (Fsp3) is 0. The number of hydrogen-bond donors (Lipinski definition) is 0. The fourth-order valence-electron chi connectivity index (χ4n) is 1.12. The van der Waals surface area contributed by atoms with Crippen molar-refractivity contribution < 1.29 is 0 Å². The second-order valence-corrected chi connectivity index (χ2v) is 9.73. The van der Waals surface area contributed by atoms with Crippen LogP contribution in [0.3, 0.4) is 0 Å². The van der Waals surface area contributed by atoms with Gasteiger partial charge in [0, 0.05) is 0 Å². The van der Waals surface area contributed by atoms with Gasteiger partial charge in [0.1, 0.15) is 0 Å². The van der Waals surface area contributed by atoms with E-state index in [1.807, 2.05) is 30.3 Å². The van der Waals surface area contributed by atoms with E-state index in [4.69, 9.17) is 17.8 Å². The van der Waals surface area contributed by atoms with Crippen LogP contribution in [0.15, 0.2) is 36.5 Å². The van der Waals surface area contributed by atoms with Crippen LogP contribution in [0.2, 0.25) is 0 Å². The molecule has 1 aromatic heterocycles. The van der Waals surface area contributed by atoms with Crippen molar-refractivity contribution in [3.05, 3.63) is 40.1 Å². The van der Waals surface area contributed by atoms with Gasteiger partial charge in [-0.25, -0.2) is 0 Å². The molecule has 0 saturated carbocycles. The first-order valence-electron chi connectivity index (χ1n) is 3.65. The van der Waals surface area contributed by atoms with Crippen LogP contribution in [0.1, 0.15) is 0 Å². The molecule has 0 aliphatic carbocycles. The molecule has 0 saturated heterocycles. The van der Waals surface area contributed by atoms with Crippen LogP contribution in [0.4, 0.5) is 0 Å². The first kappa shape index (κ1) is 9.49. The van der Waals surface area contributed by atoms with Crippen molar-refractivity contribution in [1.29, 1.82) is 0 Å². The van der Waals surface area contributed by atoms with E-state index in [1.165, 1.54) is 0 Å². The zero-order valence-corrected chi connectivity index (χ0v) is 10.2. The van der Waals surface area contributed by atoms with Crippen LogP contribution < -0.4 is 0 Å². The summed E-state index contributed by atoms with van der Waals surface area (Å²) >= 11 is -1.91. The number of hydrogen-bond acceptors (Lipinski definition) is 1. The van der Waals surface area contributed by atoms with Gasteiger partial charge >= 0.3 is 91.4 Å². The maximum absolute atomic E-state index is 5.89. The van der Waals surface area contributed by atoms with Gasteiger partial charge in [-0.2, -0.15) is 0 Å². The Kier molecular flexibility index (Phi) is 2.91. The SMILES string of the molecule is ClI(Cl)c1cnc2ccccc2c1. The summed E-state index contributed by atoms with van der Waals surface area (Å²) in [4.78, 5) is 4.27. The van der Waals surface area contributed by atoms with Gasteiger partial charge in [0.2, 0.25) is 0 Å². The van der Waals surface area contributed by atoms with Gasteiger partial charge in [-0.1, -0.05) is 0 Å². The summed E-state index contributed by atoms with van der Waals surface area (Å²) < 4.78 is 0.992.